The number of ether oxygens (including phenoxy) is 1. The lowest BCUT2D eigenvalue weighted by Crippen LogP contribution is -2.35. The maximum atomic E-state index is 12.2. The molecule has 0 N–H and O–H groups in total. The first-order chi connectivity index (χ1) is 8.27. The molecule has 2 heterocycles. The van der Waals surface area contributed by atoms with E-state index in [0.29, 0.717) is 17.9 Å². The second-order valence-corrected chi connectivity index (χ2v) is 5.34. The Morgan fingerprint density at radius 1 is 1.47 bits per heavy atom. The minimum Gasteiger partial charge on any atom is -0.370 e. The summed E-state index contributed by atoms with van der Waals surface area (Å²) in [7, 11) is 0. The number of nitrogens with zero attached hydrogens (tertiary/aromatic N) is 1. The van der Waals surface area contributed by atoms with Crippen LogP contribution in [-0.4, -0.2) is 29.3 Å². The molecule has 1 saturated heterocycles. The Balaban J connectivity index is 1.81. The third kappa shape index (κ3) is 1.83. The highest BCUT2D eigenvalue weighted by molar-refractivity contribution is 7.12. The molecule has 5 heteroatoms. The molecular weight excluding hydrogens is 238 g/mol. The highest BCUT2D eigenvalue weighted by Crippen LogP contribution is 2.30. The van der Waals surface area contributed by atoms with Crippen LogP contribution in [0.4, 0.5) is 0 Å². The van der Waals surface area contributed by atoms with Gasteiger partial charge in [0.25, 0.3) is 0 Å². The lowest BCUT2D eigenvalue weighted by Gasteiger charge is -2.21. The largest absolute Gasteiger partial charge is 0.370 e. The van der Waals surface area contributed by atoms with Crippen molar-refractivity contribution in [3.05, 3.63) is 16.1 Å². The van der Waals surface area contributed by atoms with E-state index in [4.69, 9.17) is 4.74 Å². The number of aryl methyl sites for hydroxylation is 1. The van der Waals surface area contributed by atoms with Gasteiger partial charge in [0.2, 0.25) is 0 Å². The molecule has 90 valence electrons. The number of hydrogen-bond donors (Lipinski definition) is 0. The number of carbonyl (C=O) groups is 2. The van der Waals surface area contributed by atoms with Crippen LogP contribution in [0.15, 0.2) is 5.51 Å². The summed E-state index contributed by atoms with van der Waals surface area (Å²) in [5.41, 5.74) is 2.54. The predicted octanol–water partition coefficient (Wildman–Crippen LogP) is 1.64. The van der Waals surface area contributed by atoms with Gasteiger partial charge >= 0.3 is 0 Å². The molecule has 0 bridgehead atoms. The molecule has 2 atom stereocenters. The lowest BCUT2D eigenvalue weighted by molar-refractivity contribution is -0.130. The summed E-state index contributed by atoms with van der Waals surface area (Å²) in [6, 6.07) is 0. The van der Waals surface area contributed by atoms with E-state index in [1.54, 1.807) is 5.51 Å². The van der Waals surface area contributed by atoms with Crippen molar-refractivity contribution >= 4 is 22.9 Å². The van der Waals surface area contributed by atoms with Crippen molar-refractivity contribution in [3.63, 3.8) is 0 Å². The summed E-state index contributed by atoms with van der Waals surface area (Å²) in [6.45, 7) is 0.642. The van der Waals surface area contributed by atoms with Gasteiger partial charge in [-0.2, -0.15) is 0 Å². The van der Waals surface area contributed by atoms with Crippen LogP contribution >= 0.6 is 11.3 Å². The molecule has 1 aromatic rings. The average molecular weight is 251 g/mol. The molecule has 1 fully saturated rings. The van der Waals surface area contributed by atoms with Crippen molar-refractivity contribution in [1.82, 2.24) is 4.98 Å². The molecule has 3 rings (SSSR count). The molecule has 0 saturated carbocycles. The van der Waals surface area contributed by atoms with E-state index >= 15 is 0 Å². The number of fused-ring (bicyclic) bond motifs is 1. The Bertz CT molecular complexity index is 462. The van der Waals surface area contributed by atoms with Crippen molar-refractivity contribution < 1.29 is 14.3 Å². The monoisotopic (exact) mass is 251 g/mol. The molecule has 2 aliphatic rings. The quantitative estimate of drug-likeness (QED) is 0.750. The number of aromatic nitrogens is 1. The molecule has 4 nitrogen and oxygen atoms in total. The summed E-state index contributed by atoms with van der Waals surface area (Å²) >= 11 is 1.34. The van der Waals surface area contributed by atoms with Gasteiger partial charge in [-0.3, -0.25) is 9.59 Å². The Kier molecular flexibility index (Phi) is 2.80. The first-order valence-electron chi connectivity index (χ1n) is 5.89. The first kappa shape index (κ1) is 11.0. The highest BCUT2D eigenvalue weighted by Gasteiger charge is 2.38. The summed E-state index contributed by atoms with van der Waals surface area (Å²) in [4.78, 5) is 29.2. The number of ketones is 2. The minimum absolute atomic E-state index is 0.0217. The normalized spacial score (nSPS) is 28.1. The van der Waals surface area contributed by atoms with Crippen molar-refractivity contribution in [3.8, 4) is 0 Å². The van der Waals surface area contributed by atoms with Crippen LogP contribution in [0, 0.1) is 5.92 Å². The van der Waals surface area contributed by atoms with E-state index < -0.39 is 5.92 Å². The summed E-state index contributed by atoms with van der Waals surface area (Å²) in [5, 5.41) is 0. The van der Waals surface area contributed by atoms with Gasteiger partial charge in [0.1, 0.15) is 6.10 Å². The minimum atomic E-state index is -0.494. The highest BCUT2D eigenvalue weighted by atomic mass is 32.1. The van der Waals surface area contributed by atoms with E-state index in [-0.39, 0.29) is 17.7 Å². The van der Waals surface area contributed by atoms with Crippen molar-refractivity contribution in [2.45, 2.75) is 31.8 Å². The number of thiazole rings is 1. The zero-order chi connectivity index (χ0) is 11.8. The van der Waals surface area contributed by atoms with Crippen LogP contribution in [0.3, 0.4) is 0 Å². The molecule has 17 heavy (non-hydrogen) atoms. The first-order valence-corrected chi connectivity index (χ1v) is 6.77. The Labute approximate surface area is 103 Å². The van der Waals surface area contributed by atoms with Crippen LogP contribution in [-0.2, 0) is 16.0 Å². The van der Waals surface area contributed by atoms with Gasteiger partial charge < -0.3 is 4.74 Å². The smallest absolute Gasteiger partial charge is 0.185 e. The average Bonchev–Trinajstić information content (AvgIpc) is 3.00. The summed E-state index contributed by atoms with van der Waals surface area (Å²) in [5.74, 6) is -0.563. The third-order valence-corrected chi connectivity index (χ3v) is 4.33. The number of hydrogen-bond acceptors (Lipinski definition) is 5. The molecular formula is C12H13NO3S. The Hall–Kier alpha value is -1.07. The molecule has 1 aliphatic carbocycles. The Morgan fingerprint density at radius 2 is 2.35 bits per heavy atom. The predicted molar refractivity (Wildman–Crippen MR) is 62.2 cm³/mol. The topological polar surface area (TPSA) is 56.3 Å². The molecule has 0 radical (unpaired) electrons. The molecule has 0 spiro atoms. The maximum Gasteiger partial charge on any atom is 0.185 e. The standard InChI is InChI=1S/C12H13NO3S/c14-10(9-2-1-5-16-9)7-3-4-8-12(11(7)15)17-6-13-8/h6-7,9H,1-5H2. The van der Waals surface area contributed by atoms with E-state index in [0.717, 1.165) is 25.0 Å². The fraction of sp³-hybridized carbons (Fsp3) is 0.583. The maximum absolute atomic E-state index is 12.2. The van der Waals surface area contributed by atoms with Crippen molar-refractivity contribution in [1.29, 1.82) is 0 Å². The van der Waals surface area contributed by atoms with Gasteiger partial charge in [-0.05, 0) is 25.7 Å². The van der Waals surface area contributed by atoms with Crippen LogP contribution in [0.5, 0.6) is 0 Å². The number of rotatable bonds is 2. The molecule has 2 unspecified atom stereocenters. The van der Waals surface area contributed by atoms with Crippen molar-refractivity contribution in [2.24, 2.45) is 5.92 Å². The van der Waals surface area contributed by atoms with Gasteiger partial charge in [-0.15, -0.1) is 11.3 Å². The summed E-state index contributed by atoms with van der Waals surface area (Å²) < 4.78 is 5.37. The van der Waals surface area contributed by atoms with E-state index in [1.165, 1.54) is 11.3 Å². The molecule has 1 aliphatic heterocycles. The second kappa shape index (κ2) is 4.31. The van der Waals surface area contributed by atoms with Gasteiger partial charge in [-0.25, -0.2) is 4.98 Å². The number of carbonyl (C=O) groups excluding carboxylic acids is 2. The Morgan fingerprint density at radius 3 is 3.12 bits per heavy atom. The van der Waals surface area contributed by atoms with Gasteiger partial charge in [0.15, 0.2) is 11.6 Å². The second-order valence-electron chi connectivity index (χ2n) is 4.49. The SMILES string of the molecule is O=C1c2scnc2CCC1C(=O)C1CCCO1. The van der Waals surface area contributed by atoms with Crippen LogP contribution in [0.1, 0.15) is 34.6 Å². The van der Waals surface area contributed by atoms with E-state index in [1.807, 2.05) is 0 Å². The van der Waals surface area contributed by atoms with Gasteiger partial charge in [0.05, 0.1) is 22.0 Å². The summed E-state index contributed by atoms with van der Waals surface area (Å²) in [6.07, 6.45) is 2.65. The van der Waals surface area contributed by atoms with Crippen molar-refractivity contribution in [2.75, 3.05) is 6.61 Å². The zero-order valence-electron chi connectivity index (χ0n) is 9.35. The fourth-order valence-electron chi connectivity index (χ4n) is 2.52. The van der Waals surface area contributed by atoms with E-state index in [2.05, 4.69) is 4.98 Å². The molecule has 0 amide bonds. The van der Waals surface area contributed by atoms with Gasteiger partial charge in [0, 0.05) is 6.61 Å². The fourth-order valence-corrected chi connectivity index (χ4v) is 3.35. The number of Topliss-reactive ketones (excluding diaryl/α,β-unsaturated/α-hetero) is 2. The van der Waals surface area contributed by atoms with Crippen LogP contribution in [0.2, 0.25) is 0 Å². The third-order valence-electron chi connectivity index (χ3n) is 3.44. The van der Waals surface area contributed by atoms with E-state index in [9.17, 15) is 9.59 Å². The lowest BCUT2D eigenvalue weighted by atomic mass is 9.84. The zero-order valence-corrected chi connectivity index (χ0v) is 10.2. The van der Waals surface area contributed by atoms with Crippen LogP contribution < -0.4 is 0 Å². The molecule has 1 aromatic heterocycles. The van der Waals surface area contributed by atoms with Crippen LogP contribution in [0.25, 0.3) is 0 Å². The van der Waals surface area contributed by atoms with Gasteiger partial charge in [-0.1, -0.05) is 0 Å². The molecule has 0 aromatic carbocycles.